The van der Waals surface area contributed by atoms with Crippen LogP contribution < -0.4 is 9.47 Å². The summed E-state index contributed by atoms with van der Waals surface area (Å²) >= 11 is 1.33. The second kappa shape index (κ2) is 8.41. The van der Waals surface area contributed by atoms with E-state index >= 15 is 0 Å². The molecule has 2 aromatic carbocycles. The van der Waals surface area contributed by atoms with Crippen LogP contribution >= 0.6 is 11.3 Å². The zero-order chi connectivity index (χ0) is 19.3. The van der Waals surface area contributed by atoms with Crippen molar-refractivity contribution in [3.8, 4) is 22.1 Å². The molecule has 0 spiro atoms. The quantitative estimate of drug-likeness (QED) is 0.626. The van der Waals surface area contributed by atoms with Gasteiger partial charge in [-0.2, -0.15) is 13.2 Å². The SMILES string of the molecule is OCCOc1ccccc1OCc1csc(-c2ccc(C(F)(F)F)cc2)n1. The van der Waals surface area contributed by atoms with Gasteiger partial charge in [0.05, 0.1) is 17.9 Å². The van der Waals surface area contributed by atoms with E-state index in [-0.39, 0.29) is 19.8 Å². The van der Waals surface area contributed by atoms with Crippen LogP contribution in [0.5, 0.6) is 11.5 Å². The molecule has 0 amide bonds. The molecule has 27 heavy (non-hydrogen) atoms. The zero-order valence-corrected chi connectivity index (χ0v) is 14.9. The van der Waals surface area contributed by atoms with Gasteiger partial charge in [-0.15, -0.1) is 11.3 Å². The highest BCUT2D eigenvalue weighted by molar-refractivity contribution is 7.13. The van der Waals surface area contributed by atoms with Crippen molar-refractivity contribution in [2.24, 2.45) is 0 Å². The molecule has 1 aromatic heterocycles. The lowest BCUT2D eigenvalue weighted by Gasteiger charge is -2.11. The minimum Gasteiger partial charge on any atom is -0.487 e. The van der Waals surface area contributed by atoms with Crippen molar-refractivity contribution in [1.82, 2.24) is 4.98 Å². The van der Waals surface area contributed by atoms with Crippen molar-refractivity contribution in [1.29, 1.82) is 0 Å². The Kier molecular flexibility index (Phi) is 5.98. The molecule has 0 fully saturated rings. The van der Waals surface area contributed by atoms with E-state index in [4.69, 9.17) is 14.6 Å². The summed E-state index contributed by atoms with van der Waals surface area (Å²) in [5.41, 5.74) is 0.587. The van der Waals surface area contributed by atoms with Gasteiger partial charge in [-0.05, 0) is 24.3 Å². The molecule has 0 aliphatic carbocycles. The molecule has 0 bridgehead atoms. The number of thiazole rings is 1. The van der Waals surface area contributed by atoms with Crippen molar-refractivity contribution in [2.75, 3.05) is 13.2 Å². The third kappa shape index (κ3) is 4.99. The number of ether oxygens (including phenoxy) is 2. The predicted molar refractivity (Wildman–Crippen MR) is 95.9 cm³/mol. The van der Waals surface area contributed by atoms with Crippen LogP contribution in [0.3, 0.4) is 0 Å². The van der Waals surface area contributed by atoms with Crippen molar-refractivity contribution in [3.05, 3.63) is 65.2 Å². The maximum Gasteiger partial charge on any atom is 0.416 e. The molecule has 142 valence electrons. The highest BCUT2D eigenvalue weighted by atomic mass is 32.1. The fraction of sp³-hybridized carbons (Fsp3) is 0.211. The first-order valence-electron chi connectivity index (χ1n) is 8.05. The number of para-hydroxylation sites is 2. The molecule has 0 unspecified atom stereocenters. The minimum atomic E-state index is -4.36. The van der Waals surface area contributed by atoms with Crippen molar-refractivity contribution >= 4 is 11.3 Å². The Morgan fingerprint density at radius 3 is 2.26 bits per heavy atom. The predicted octanol–water partition coefficient (Wildman–Crippen LogP) is 4.78. The summed E-state index contributed by atoms with van der Waals surface area (Å²) in [4.78, 5) is 4.41. The Balaban J connectivity index is 1.67. The molecule has 1 heterocycles. The van der Waals surface area contributed by atoms with Gasteiger partial charge in [0.25, 0.3) is 0 Å². The molecule has 8 heteroatoms. The van der Waals surface area contributed by atoms with Crippen LogP contribution in [0.4, 0.5) is 13.2 Å². The molecule has 0 aliphatic heterocycles. The van der Waals surface area contributed by atoms with Crippen LogP contribution in [-0.2, 0) is 12.8 Å². The lowest BCUT2D eigenvalue weighted by atomic mass is 10.1. The maximum absolute atomic E-state index is 12.6. The van der Waals surface area contributed by atoms with Gasteiger partial charge in [-0.1, -0.05) is 24.3 Å². The number of benzene rings is 2. The van der Waals surface area contributed by atoms with Crippen molar-refractivity contribution in [2.45, 2.75) is 12.8 Å². The fourth-order valence-corrected chi connectivity index (χ4v) is 3.11. The summed E-state index contributed by atoms with van der Waals surface area (Å²) in [5, 5.41) is 11.3. The summed E-state index contributed by atoms with van der Waals surface area (Å²) < 4.78 is 49.1. The van der Waals surface area contributed by atoms with Crippen LogP contribution in [0, 0.1) is 0 Å². The summed E-state index contributed by atoms with van der Waals surface area (Å²) in [5.74, 6) is 1.04. The largest absolute Gasteiger partial charge is 0.487 e. The molecule has 3 rings (SSSR count). The lowest BCUT2D eigenvalue weighted by Crippen LogP contribution is -2.04. The van der Waals surface area contributed by atoms with Crippen LogP contribution in [0.2, 0.25) is 0 Å². The van der Waals surface area contributed by atoms with E-state index in [1.54, 1.807) is 29.6 Å². The second-order valence-electron chi connectivity index (χ2n) is 5.53. The van der Waals surface area contributed by atoms with E-state index in [9.17, 15) is 13.2 Å². The fourth-order valence-electron chi connectivity index (χ4n) is 2.30. The molecular weight excluding hydrogens is 379 g/mol. The summed E-state index contributed by atoms with van der Waals surface area (Å²) in [6.45, 7) is 0.253. The van der Waals surface area contributed by atoms with Gasteiger partial charge in [-0.3, -0.25) is 0 Å². The minimum absolute atomic E-state index is 0.100. The van der Waals surface area contributed by atoms with Crippen molar-refractivity contribution in [3.63, 3.8) is 0 Å². The van der Waals surface area contributed by atoms with E-state index in [0.717, 1.165) is 12.1 Å². The summed E-state index contributed by atoms with van der Waals surface area (Å²) in [6.07, 6.45) is -4.36. The van der Waals surface area contributed by atoms with Crippen LogP contribution in [-0.4, -0.2) is 23.3 Å². The number of aliphatic hydroxyl groups excluding tert-OH is 1. The molecule has 0 radical (unpaired) electrons. The van der Waals surface area contributed by atoms with E-state index in [0.29, 0.717) is 27.8 Å². The molecule has 0 atom stereocenters. The van der Waals surface area contributed by atoms with Gasteiger partial charge in [0.2, 0.25) is 0 Å². The normalized spacial score (nSPS) is 11.4. The zero-order valence-electron chi connectivity index (χ0n) is 14.1. The van der Waals surface area contributed by atoms with E-state index in [1.807, 2.05) is 0 Å². The molecule has 0 saturated heterocycles. The third-order valence-electron chi connectivity index (χ3n) is 3.58. The highest BCUT2D eigenvalue weighted by Crippen LogP contribution is 2.32. The molecule has 0 aliphatic rings. The monoisotopic (exact) mass is 395 g/mol. The maximum atomic E-state index is 12.6. The number of nitrogens with zero attached hydrogens (tertiary/aromatic N) is 1. The van der Waals surface area contributed by atoms with E-state index < -0.39 is 11.7 Å². The summed E-state index contributed by atoms with van der Waals surface area (Å²) in [6, 6.07) is 12.0. The Morgan fingerprint density at radius 1 is 0.963 bits per heavy atom. The topological polar surface area (TPSA) is 51.6 Å². The Bertz CT molecular complexity index is 878. The number of aliphatic hydroxyl groups is 1. The Morgan fingerprint density at radius 2 is 1.63 bits per heavy atom. The molecule has 4 nitrogen and oxygen atoms in total. The van der Waals surface area contributed by atoms with Gasteiger partial charge >= 0.3 is 6.18 Å². The molecule has 3 aromatic rings. The van der Waals surface area contributed by atoms with Gasteiger partial charge < -0.3 is 14.6 Å². The number of aromatic nitrogens is 1. The molecular formula is C19H16F3NO3S. The second-order valence-corrected chi connectivity index (χ2v) is 6.38. The molecule has 0 saturated carbocycles. The number of hydrogen-bond donors (Lipinski definition) is 1. The van der Waals surface area contributed by atoms with E-state index in [1.165, 1.54) is 23.5 Å². The van der Waals surface area contributed by atoms with Crippen LogP contribution in [0.15, 0.2) is 53.9 Å². The van der Waals surface area contributed by atoms with Gasteiger partial charge in [0, 0.05) is 10.9 Å². The van der Waals surface area contributed by atoms with Crippen LogP contribution in [0.1, 0.15) is 11.3 Å². The van der Waals surface area contributed by atoms with Crippen molar-refractivity contribution < 1.29 is 27.8 Å². The average molecular weight is 395 g/mol. The van der Waals surface area contributed by atoms with Gasteiger partial charge in [0.1, 0.15) is 18.2 Å². The van der Waals surface area contributed by atoms with Gasteiger partial charge in [-0.25, -0.2) is 4.98 Å². The number of hydrogen-bond acceptors (Lipinski definition) is 5. The molecule has 1 N–H and O–H groups in total. The van der Waals surface area contributed by atoms with E-state index in [2.05, 4.69) is 4.98 Å². The first-order chi connectivity index (χ1) is 13.0. The van der Waals surface area contributed by atoms with Gasteiger partial charge in [0.15, 0.2) is 11.5 Å². The van der Waals surface area contributed by atoms with Crippen LogP contribution in [0.25, 0.3) is 10.6 Å². The standard InChI is InChI=1S/C19H16F3NO3S/c20-19(21,22)14-7-5-13(6-8-14)18-23-15(12-27-18)11-26-17-4-2-1-3-16(17)25-10-9-24/h1-8,12,24H,9-11H2. The number of rotatable bonds is 7. The smallest absolute Gasteiger partial charge is 0.416 e. The average Bonchev–Trinajstić information content (AvgIpc) is 3.14. The lowest BCUT2D eigenvalue weighted by molar-refractivity contribution is -0.137. The third-order valence-corrected chi connectivity index (χ3v) is 4.52. The Hall–Kier alpha value is -2.58. The Labute approximate surface area is 157 Å². The highest BCUT2D eigenvalue weighted by Gasteiger charge is 2.30. The first kappa shape index (κ1) is 19.2. The first-order valence-corrected chi connectivity index (χ1v) is 8.93. The number of alkyl halides is 3. The number of halogens is 3. The summed E-state index contributed by atoms with van der Waals surface area (Å²) in [7, 11) is 0.